The standard InChI is InChI=1S/C16H13ClFIN4O3/c17-14-6-10(16(25)22-26-4-3-24)15(13-7-20-8-23(13)14)21-12-2-1-9(19)5-11(12)18/h1-2,5-8,21,24H,3-4H2,(H,22,25). The molecule has 3 rings (SSSR count). The first-order chi connectivity index (χ1) is 12.5. The minimum atomic E-state index is -0.600. The Morgan fingerprint density at radius 3 is 2.96 bits per heavy atom. The second-order valence-corrected chi connectivity index (χ2v) is 6.79. The monoisotopic (exact) mass is 490 g/mol. The van der Waals surface area contributed by atoms with E-state index in [0.717, 1.165) is 3.57 Å². The van der Waals surface area contributed by atoms with E-state index in [1.165, 1.54) is 24.7 Å². The summed E-state index contributed by atoms with van der Waals surface area (Å²) in [6.45, 7) is -0.315. The van der Waals surface area contributed by atoms with Gasteiger partial charge < -0.3 is 10.4 Å². The topological polar surface area (TPSA) is 87.9 Å². The van der Waals surface area contributed by atoms with E-state index < -0.39 is 11.7 Å². The van der Waals surface area contributed by atoms with E-state index in [9.17, 15) is 9.18 Å². The van der Waals surface area contributed by atoms with Gasteiger partial charge in [-0.3, -0.25) is 14.0 Å². The highest BCUT2D eigenvalue weighted by Crippen LogP contribution is 2.31. The number of benzene rings is 1. The van der Waals surface area contributed by atoms with Crippen molar-refractivity contribution in [3.8, 4) is 0 Å². The summed E-state index contributed by atoms with van der Waals surface area (Å²) < 4.78 is 16.6. The number of aliphatic hydroxyl groups is 1. The summed E-state index contributed by atoms with van der Waals surface area (Å²) in [5.74, 6) is -1.06. The summed E-state index contributed by atoms with van der Waals surface area (Å²) in [4.78, 5) is 21.3. The zero-order chi connectivity index (χ0) is 18.7. The Morgan fingerprint density at radius 2 is 2.23 bits per heavy atom. The molecule has 136 valence electrons. The fraction of sp³-hybridized carbons (Fsp3) is 0.125. The molecule has 0 radical (unpaired) electrons. The Kier molecular flexibility index (Phi) is 5.91. The first-order valence-corrected chi connectivity index (χ1v) is 8.86. The zero-order valence-electron chi connectivity index (χ0n) is 13.2. The number of nitrogens with one attached hydrogen (secondary N) is 2. The van der Waals surface area contributed by atoms with Gasteiger partial charge in [0, 0.05) is 3.57 Å². The lowest BCUT2D eigenvalue weighted by molar-refractivity contribution is 0.0169. The van der Waals surface area contributed by atoms with Crippen molar-refractivity contribution in [1.82, 2.24) is 14.9 Å². The summed E-state index contributed by atoms with van der Waals surface area (Å²) in [7, 11) is 0. The number of hydroxylamine groups is 1. The molecule has 1 aromatic carbocycles. The van der Waals surface area contributed by atoms with Crippen LogP contribution in [0.3, 0.4) is 0 Å². The Hall–Kier alpha value is -1.95. The van der Waals surface area contributed by atoms with Gasteiger partial charge in [0.15, 0.2) is 0 Å². The average molecular weight is 491 g/mol. The summed E-state index contributed by atoms with van der Waals surface area (Å²) in [6, 6.07) is 6.10. The SMILES string of the molecule is O=C(NOCCO)c1cc(Cl)n2cncc2c1Nc1ccc(I)cc1F. The van der Waals surface area contributed by atoms with Crippen LogP contribution in [-0.4, -0.2) is 33.6 Å². The molecule has 26 heavy (non-hydrogen) atoms. The smallest absolute Gasteiger partial charge is 0.277 e. The molecule has 0 aliphatic heterocycles. The fourth-order valence-corrected chi connectivity index (χ4v) is 3.00. The van der Waals surface area contributed by atoms with Crippen molar-refractivity contribution in [2.75, 3.05) is 18.5 Å². The molecule has 0 aliphatic carbocycles. The lowest BCUT2D eigenvalue weighted by Gasteiger charge is -2.15. The van der Waals surface area contributed by atoms with Crippen molar-refractivity contribution in [3.63, 3.8) is 0 Å². The van der Waals surface area contributed by atoms with Crippen LogP contribution < -0.4 is 10.8 Å². The first kappa shape index (κ1) is 18.8. The second kappa shape index (κ2) is 8.16. The molecule has 3 N–H and O–H groups in total. The van der Waals surface area contributed by atoms with Gasteiger partial charge in [-0.25, -0.2) is 14.9 Å². The van der Waals surface area contributed by atoms with Gasteiger partial charge in [-0.2, -0.15) is 0 Å². The van der Waals surface area contributed by atoms with E-state index in [4.69, 9.17) is 21.5 Å². The number of carbonyl (C=O) groups excluding carboxylic acids is 1. The number of amides is 1. The van der Waals surface area contributed by atoms with Gasteiger partial charge in [-0.1, -0.05) is 11.6 Å². The molecule has 0 fully saturated rings. The Balaban J connectivity index is 2.06. The zero-order valence-corrected chi connectivity index (χ0v) is 16.1. The average Bonchev–Trinajstić information content (AvgIpc) is 3.09. The van der Waals surface area contributed by atoms with Gasteiger partial charge in [0.1, 0.15) is 17.3 Å². The van der Waals surface area contributed by atoms with Gasteiger partial charge in [-0.05, 0) is 46.9 Å². The molecule has 0 bridgehead atoms. The van der Waals surface area contributed by atoms with Crippen LogP contribution in [0.2, 0.25) is 5.15 Å². The second-order valence-electron chi connectivity index (χ2n) is 5.16. The lowest BCUT2D eigenvalue weighted by atomic mass is 10.1. The molecular weight excluding hydrogens is 478 g/mol. The quantitative estimate of drug-likeness (QED) is 0.214. The molecule has 0 saturated carbocycles. The molecule has 3 aromatic rings. The predicted octanol–water partition coefficient (Wildman–Crippen LogP) is 3.13. The molecule has 2 aromatic heterocycles. The van der Waals surface area contributed by atoms with E-state index in [2.05, 4.69) is 15.8 Å². The molecule has 0 spiro atoms. The number of imidazole rings is 1. The number of halogens is 3. The van der Waals surface area contributed by atoms with Crippen LogP contribution >= 0.6 is 34.2 Å². The number of hydrogen-bond acceptors (Lipinski definition) is 5. The van der Waals surface area contributed by atoms with Crippen molar-refractivity contribution in [2.24, 2.45) is 0 Å². The van der Waals surface area contributed by atoms with Crippen molar-refractivity contribution >= 4 is 57.0 Å². The van der Waals surface area contributed by atoms with Crippen LogP contribution in [0.15, 0.2) is 36.8 Å². The van der Waals surface area contributed by atoms with E-state index in [1.54, 1.807) is 16.5 Å². The van der Waals surface area contributed by atoms with Crippen molar-refractivity contribution in [3.05, 3.63) is 56.9 Å². The molecule has 2 heterocycles. The molecule has 0 aliphatic rings. The summed E-state index contributed by atoms with van der Waals surface area (Å²) in [5.41, 5.74) is 3.35. The maximum Gasteiger partial charge on any atom is 0.277 e. The number of carbonyl (C=O) groups is 1. The fourth-order valence-electron chi connectivity index (χ4n) is 2.30. The molecule has 1 amide bonds. The van der Waals surface area contributed by atoms with E-state index in [0.29, 0.717) is 11.2 Å². The Morgan fingerprint density at radius 1 is 1.42 bits per heavy atom. The normalized spacial score (nSPS) is 10.9. The highest BCUT2D eigenvalue weighted by molar-refractivity contribution is 14.1. The van der Waals surface area contributed by atoms with Crippen LogP contribution in [0, 0.1) is 9.39 Å². The molecule has 10 heteroatoms. The molecule has 7 nitrogen and oxygen atoms in total. The van der Waals surface area contributed by atoms with E-state index in [-0.39, 0.29) is 29.6 Å². The van der Waals surface area contributed by atoms with Crippen molar-refractivity contribution < 1.29 is 19.1 Å². The predicted molar refractivity (Wildman–Crippen MR) is 103 cm³/mol. The minimum absolute atomic E-state index is 0.0666. The van der Waals surface area contributed by atoms with Crippen molar-refractivity contribution in [1.29, 1.82) is 0 Å². The van der Waals surface area contributed by atoms with Gasteiger partial charge in [0.2, 0.25) is 0 Å². The number of nitrogens with zero attached hydrogens (tertiary/aromatic N) is 2. The largest absolute Gasteiger partial charge is 0.394 e. The number of anilines is 2. The van der Waals surface area contributed by atoms with E-state index >= 15 is 0 Å². The number of rotatable bonds is 6. The molecule has 0 unspecified atom stereocenters. The Labute approximate surface area is 166 Å². The van der Waals surface area contributed by atoms with Crippen molar-refractivity contribution in [2.45, 2.75) is 0 Å². The van der Waals surface area contributed by atoms with Gasteiger partial charge in [0.05, 0.1) is 41.9 Å². The maximum absolute atomic E-state index is 14.3. The number of aliphatic hydroxyl groups excluding tert-OH is 1. The van der Waals surface area contributed by atoms with Crippen LogP contribution in [0.4, 0.5) is 15.8 Å². The van der Waals surface area contributed by atoms with Crippen LogP contribution in [-0.2, 0) is 4.84 Å². The van der Waals surface area contributed by atoms with Gasteiger partial charge in [-0.15, -0.1) is 0 Å². The first-order valence-electron chi connectivity index (χ1n) is 7.41. The molecular formula is C16H13ClFIN4O3. The minimum Gasteiger partial charge on any atom is -0.394 e. The third-order valence-corrected chi connectivity index (χ3v) is 4.41. The summed E-state index contributed by atoms with van der Waals surface area (Å²) in [5, 5.41) is 11.9. The van der Waals surface area contributed by atoms with Gasteiger partial charge >= 0.3 is 0 Å². The van der Waals surface area contributed by atoms with Crippen LogP contribution in [0.25, 0.3) is 5.52 Å². The maximum atomic E-state index is 14.3. The lowest BCUT2D eigenvalue weighted by Crippen LogP contribution is -2.26. The van der Waals surface area contributed by atoms with Gasteiger partial charge in [0.25, 0.3) is 5.91 Å². The number of aromatic nitrogens is 2. The van der Waals surface area contributed by atoms with Crippen LogP contribution in [0.5, 0.6) is 0 Å². The third-order valence-electron chi connectivity index (χ3n) is 3.45. The summed E-state index contributed by atoms with van der Waals surface area (Å²) in [6.07, 6.45) is 2.99. The molecule has 0 saturated heterocycles. The Bertz CT molecular complexity index is 966. The molecule has 0 atom stereocenters. The number of pyridine rings is 1. The highest BCUT2D eigenvalue weighted by atomic mass is 127. The number of hydrogen-bond donors (Lipinski definition) is 3. The highest BCUT2D eigenvalue weighted by Gasteiger charge is 2.19. The van der Waals surface area contributed by atoms with Crippen LogP contribution in [0.1, 0.15) is 10.4 Å². The summed E-state index contributed by atoms with van der Waals surface area (Å²) >= 11 is 8.20. The number of fused-ring (bicyclic) bond motifs is 1. The third kappa shape index (κ3) is 3.90. The van der Waals surface area contributed by atoms with E-state index in [1.807, 2.05) is 22.6 Å².